The largest absolute Gasteiger partial charge is 0.459 e. The highest BCUT2D eigenvalue weighted by atomic mass is 16.3. The van der Waals surface area contributed by atoms with E-state index in [9.17, 15) is 14.4 Å². The second kappa shape index (κ2) is 8.34. The molecule has 1 atom stereocenters. The van der Waals surface area contributed by atoms with Crippen LogP contribution < -0.4 is 4.90 Å². The molecule has 4 rings (SSSR count). The molecule has 2 fully saturated rings. The highest BCUT2D eigenvalue weighted by Gasteiger charge is 2.38. The van der Waals surface area contributed by atoms with E-state index in [1.165, 1.54) is 11.8 Å². The van der Waals surface area contributed by atoms with Crippen LogP contribution in [0.4, 0.5) is 5.69 Å². The van der Waals surface area contributed by atoms with Crippen molar-refractivity contribution in [3.05, 3.63) is 54.0 Å². The van der Waals surface area contributed by atoms with Crippen molar-refractivity contribution in [3.8, 4) is 0 Å². The number of carbonyl (C=O) groups is 3. The highest BCUT2D eigenvalue weighted by Crippen LogP contribution is 2.28. The van der Waals surface area contributed by atoms with E-state index in [2.05, 4.69) is 13.8 Å². The Morgan fingerprint density at radius 2 is 1.67 bits per heavy atom. The SMILES string of the molecule is CC(C)c1ccc(N2CC(C(=O)N3CCN(C(=O)c4ccco4)CC3)CC2=O)cc1. The van der Waals surface area contributed by atoms with E-state index in [1.54, 1.807) is 26.8 Å². The number of carbonyl (C=O) groups excluding carboxylic acids is 3. The molecule has 2 aromatic rings. The fraction of sp³-hybridized carbons (Fsp3) is 0.435. The zero-order chi connectivity index (χ0) is 21.3. The molecular weight excluding hydrogens is 382 g/mol. The second-order valence-corrected chi connectivity index (χ2v) is 8.25. The molecule has 3 amide bonds. The molecule has 0 saturated carbocycles. The minimum atomic E-state index is -0.338. The van der Waals surface area contributed by atoms with E-state index in [1.807, 2.05) is 24.3 Å². The number of nitrogens with zero attached hydrogens (tertiary/aromatic N) is 3. The summed E-state index contributed by atoms with van der Waals surface area (Å²) in [4.78, 5) is 43.1. The summed E-state index contributed by atoms with van der Waals surface area (Å²) >= 11 is 0. The topological polar surface area (TPSA) is 74.1 Å². The third kappa shape index (κ3) is 3.97. The Morgan fingerprint density at radius 3 is 2.27 bits per heavy atom. The number of benzene rings is 1. The van der Waals surface area contributed by atoms with Crippen LogP contribution in [0.2, 0.25) is 0 Å². The predicted molar refractivity (Wildman–Crippen MR) is 112 cm³/mol. The van der Waals surface area contributed by atoms with Gasteiger partial charge in [-0.05, 0) is 35.7 Å². The maximum absolute atomic E-state index is 13.0. The molecule has 2 aliphatic rings. The first-order chi connectivity index (χ1) is 14.4. The predicted octanol–water partition coefficient (Wildman–Crippen LogP) is 2.74. The Balaban J connectivity index is 1.34. The van der Waals surface area contributed by atoms with Gasteiger partial charge in [-0.25, -0.2) is 0 Å². The molecule has 7 heteroatoms. The summed E-state index contributed by atoms with van der Waals surface area (Å²) in [5.74, 6) is 0.233. The molecule has 0 radical (unpaired) electrons. The summed E-state index contributed by atoms with van der Waals surface area (Å²) in [6, 6.07) is 11.3. The van der Waals surface area contributed by atoms with Crippen molar-refractivity contribution in [2.24, 2.45) is 5.92 Å². The van der Waals surface area contributed by atoms with Gasteiger partial charge in [0.15, 0.2) is 5.76 Å². The van der Waals surface area contributed by atoms with Crippen LogP contribution >= 0.6 is 0 Å². The average molecular weight is 409 g/mol. The number of hydrogen-bond donors (Lipinski definition) is 0. The standard InChI is InChI=1S/C23H27N3O4/c1-16(2)17-5-7-19(8-6-17)26-15-18(14-21(26)27)22(28)24-9-11-25(12-10-24)23(29)20-4-3-13-30-20/h3-8,13,16,18H,9-12,14-15H2,1-2H3. The van der Waals surface area contributed by atoms with Crippen LogP contribution in [0.25, 0.3) is 0 Å². The van der Waals surface area contributed by atoms with Crippen molar-refractivity contribution in [2.45, 2.75) is 26.2 Å². The van der Waals surface area contributed by atoms with Gasteiger partial charge in [-0.15, -0.1) is 0 Å². The number of piperazine rings is 1. The van der Waals surface area contributed by atoms with E-state index < -0.39 is 0 Å². The third-order valence-corrected chi connectivity index (χ3v) is 5.96. The van der Waals surface area contributed by atoms with Gasteiger partial charge in [-0.3, -0.25) is 14.4 Å². The number of hydrogen-bond acceptors (Lipinski definition) is 4. The summed E-state index contributed by atoms with van der Waals surface area (Å²) in [5.41, 5.74) is 2.06. The first-order valence-corrected chi connectivity index (χ1v) is 10.5. The molecule has 0 aliphatic carbocycles. The lowest BCUT2D eigenvalue weighted by Crippen LogP contribution is -2.52. The molecule has 0 spiro atoms. The number of amides is 3. The molecule has 1 unspecified atom stereocenters. The van der Waals surface area contributed by atoms with Crippen molar-refractivity contribution in [2.75, 3.05) is 37.6 Å². The van der Waals surface area contributed by atoms with E-state index in [4.69, 9.17) is 4.42 Å². The fourth-order valence-corrected chi connectivity index (χ4v) is 4.11. The molecule has 0 bridgehead atoms. The summed E-state index contributed by atoms with van der Waals surface area (Å²) in [5, 5.41) is 0. The lowest BCUT2D eigenvalue weighted by Gasteiger charge is -2.35. The van der Waals surface area contributed by atoms with E-state index in [0.29, 0.717) is 44.4 Å². The van der Waals surface area contributed by atoms with E-state index in [0.717, 1.165) is 5.69 Å². The first kappa shape index (κ1) is 20.2. The van der Waals surface area contributed by atoms with Crippen LogP contribution in [-0.4, -0.2) is 60.2 Å². The molecule has 158 valence electrons. The molecule has 2 saturated heterocycles. The zero-order valence-electron chi connectivity index (χ0n) is 17.4. The Hall–Kier alpha value is -3.09. The molecule has 1 aromatic heterocycles. The van der Waals surface area contributed by atoms with Crippen molar-refractivity contribution >= 4 is 23.4 Å². The number of furan rings is 1. The molecule has 7 nitrogen and oxygen atoms in total. The van der Waals surface area contributed by atoms with Gasteiger partial charge in [0, 0.05) is 44.8 Å². The Kier molecular flexibility index (Phi) is 5.61. The van der Waals surface area contributed by atoms with Gasteiger partial charge in [-0.2, -0.15) is 0 Å². The van der Waals surface area contributed by atoms with Crippen LogP contribution in [0.3, 0.4) is 0 Å². The molecule has 3 heterocycles. The maximum atomic E-state index is 13.0. The lowest BCUT2D eigenvalue weighted by molar-refractivity contribution is -0.137. The first-order valence-electron chi connectivity index (χ1n) is 10.5. The van der Waals surface area contributed by atoms with Crippen molar-refractivity contribution in [1.29, 1.82) is 0 Å². The number of anilines is 1. The maximum Gasteiger partial charge on any atom is 0.289 e. The van der Waals surface area contributed by atoms with Gasteiger partial charge in [0.1, 0.15) is 0 Å². The Bertz CT molecular complexity index is 912. The van der Waals surface area contributed by atoms with Crippen LogP contribution in [0, 0.1) is 5.92 Å². The van der Waals surface area contributed by atoms with Gasteiger partial charge in [0.2, 0.25) is 11.8 Å². The van der Waals surface area contributed by atoms with Gasteiger partial charge < -0.3 is 19.1 Å². The average Bonchev–Trinajstić information content (AvgIpc) is 3.43. The monoisotopic (exact) mass is 409 g/mol. The third-order valence-electron chi connectivity index (χ3n) is 5.96. The van der Waals surface area contributed by atoms with E-state index >= 15 is 0 Å². The number of rotatable bonds is 4. The van der Waals surface area contributed by atoms with Gasteiger partial charge in [-0.1, -0.05) is 26.0 Å². The summed E-state index contributed by atoms with van der Waals surface area (Å²) in [6.45, 7) is 6.54. The minimum Gasteiger partial charge on any atom is -0.459 e. The second-order valence-electron chi connectivity index (χ2n) is 8.25. The van der Waals surface area contributed by atoms with Crippen LogP contribution in [0.5, 0.6) is 0 Å². The zero-order valence-corrected chi connectivity index (χ0v) is 17.4. The summed E-state index contributed by atoms with van der Waals surface area (Å²) < 4.78 is 5.18. The van der Waals surface area contributed by atoms with Gasteiger partial charge in [0.25, 0.3) is 5.91 Å². The van der Waals surface area contributed by atoms with Crippen molar-refractivity contribution < 1.29 is 18.8 Å². The normalized spacial score (nSPS) is 19.6. The van der Waals surface area contributed by atoms with Gasteiger partial charge in [0.05, 0.1) is 12.2 Å². The molecule has 1 aromatic carbocycles. The van der Waals surface area contributed by atoms with E-state index in [-0.39, 0.29) is 30.1 Å². The summed E-state index contributed by atoms with van der Waals surface area (Å²) in [7, 11) is 0. The van der Waals surface area contributed by atoms with Crippen LogP contribution in [0.15, 0.2) is 47.1 Å². The van der Waals surface area contributed by atoms with Crippen LogP contribution in [-0.2, 0) is 9.59 Å². The minimum absolute atomic E-state index is 0.00486. The Morgan fingerprint density at radius 1 is 1.00 bits per heavy atom. The van der Waals surface area contributed by atoms with Crippen molar-refractivity contribution in [3.63, 3.8) is 0 Å². The highest BCUT2D eigenvalue weighted by molar-refractivity contribution is 6.00. The van der Waals surface area contributed by atoms with Crippen molar-refractivity contribution in [1.82, 2.24) is 9.80 Å². The fourth-order valence-electron chi connectivity index (χ4n) is 4.11. The quantitative estimate of drug-likeness (QED) is 0.778. The molecule has 2 aliphatic heterocycles. The van der Waals surface area contributed by atoms with Crippen LogP contribution in [0.1, 0.15) is 42.3 Å². The summed E-state index contributed by atoms with van der Waals surface area (Å²) in [6.07, 6.45) is 1.71. The molecule has 0 N–H and O–H groups in total. The lowest BCUT2D eigenvalue weighted by atomic mass is 10.0. The smallest absolute Gasteiger partial charge is 0.289 e. The molecular formula is C23H27N3O4. The Labute approximate surface area is 176 Å². The van der Waals surface area contributed by atoms with Gasteiger partial charge >= 0.3 is 0 Å². The molecule has 30 heavy (non-hydrogen) atoms.